The Labute approximate surface area is 143 Å². The van der Waals surface area contributed by atoms with Crippen LogP contribution in [-0.4, -0.2) is 25.1 Å². The van der Waals surface area contributed by atoms with Crippen LogP contribution < -0.4 is 4.74 Å². The molecule has 0 bridgehead atoms. The van der Waals surface area contributed by atoms with Crippen molar-refractivity contribution in [2.45, 2.75) is 39.2 Å². The van der Waals surface area contributed by atoms with E-state index in [0.29, 0.717) is 17.7 Å². The lowest BCUT2D eigenvalue weighted by atomic mass is 9.81. The van der Waals surface area contributed by atoms with Gasteiger partial charge in [-0.15, -0.1) is 0 Å². The molecular formula is C21H24O3. The molecule has 0 saturated carbocycles. The molecule has 3 rings (SSSR count). The summed E-state index contributed by atoms with van der Waals surface area (Å²) in [5.41, 5.74) is 3.26. The van der Waals surface area contributed by atoms with Gasteiger partial charge in [0.05, 0.1) is 6.61 Å². The molecule has 0 aliphatic carbocycles. The van der Waals surface area contributed by atoms with Crippen molar-refractivity contribution >= 4 is 5.78 Å². The third-order valence-electron chi connectivity index (χ3n) is 4.13. The van der Waals surface area contributed by atoms with E-state index in [-0.39, 0.29) is 17.3 Å². The highest BCUT2D eigenvalue weighted by molar-refractivity contribution is 6.10. The highest BCUT2D eigenvalue weighted by Gasteiger charge is 2.28. The molecule has 1 saturated heterocycles. The highest BCUT2D eigenvalue weighted by atomic mass is 16.6. The maximum Gasteiger partial charge on any atom is 0.193 e. The van der Waals surface area contributed by atoms with E-state index in [9.17, 15) is 4.79 Å². The maximum atomic E-state index is 13.1. The number of carbonyl (C=O) groups excluding carboxylic acids is 1. The van der Waals surface area contributed by atoms with Crippen molar-refractivity contribution in [3.05, 3.63) is 64.7 Å². The number of aryl methyl sites for hydroxylation is 1. The van der Waals surface area contributed by atoms with E-state index in [2.05, 4.69) is 20.8 Å². The van der Waals surface area contributed by atoms with Crippen LogP contribution in [0.25, 0.3) is 0 Å². The predicted molar refractivity (Wildman–Crippen MR) is 95.0 cm³/mol. The Morgan fingerprint density at radius 3 is 2.54 bits per heavy atom. The first-order chi connectivity index (χ1) is 11.4. The molecule has 0 amide bonds. The second kappa shape index (κ2) is 6.40. The average Bonchev–Trinajstić information content (AvgIpc) is 3.35. The van der Waals surface area contributed by atoms with Gasteiger partial charge in [0.15, 0.2) is 5.78 Å². The molecule has 1 unspecified atom stereocenters. The Morgan fingerprint density at radius 2 is 1.92 bits per heavy atom. The maximum absolute atomic E-state index is 13.1. The van der Waals surface area contributed by atoms with E-state index in [4.69, 9.17) is 9.47 Å². The molecular weight excluding hydrogens is 300 g/mol. The van der Waals surface area contributed by atoms with E-state index in [1.807, 2.05) is 49.4 Å². The van der Waals surface area contributed by atoms with E-state index < -0.39 is 0 Å². The van der Waals surface area contributed by atoms with Crippen LogP contribution >= 0.6 is 0 Å². The minimum atomic E-state index is -0.199. The van der Waals surface area contributed by atoms with Crippen LogP contribution in [0.2, 0.25) is 0 Å². The zero-order chi connectivity index (χ0) is 17.3. The van der Waals surface area contributed by atoms with Gasteiger partial charge in [-0.2, -0.15) is 0 Å². The molecule has 0 N–H and O–H groups in total. The van der Waals surface area contributed by atoms with Crippen LogP contribution in [-0.2, 0) is 10.2 Å². The second-order valence-electron chi connectivity index (χ2n) is 7.39. The lowest BCUT2D eigenvalue weighted by Gasteiger charge is -2.25. The van der Waals surface area contributed by atoms with Gasteiger partial charge in [-0.05, 0) is 24.5 Å². The Morgan fingerprint density at radius 1 is 1.21 bits per heavy atom. The standard InChI is InChI=1S/C21H24O3/c1-14-7-5-8-15(11-14)20(22)17-9-6-10-18(19(17)21(2,3)4)24-13-16-12-23-16/h5-11,16H,12-13H2,1-4H3. The predicted octanol–water partition coefficient (Wildman–Crippen LogP) is 4.30. The lowest BCUT2D eigenvalue weighted by molar-refractivity contribution is 0.103. The van der Waals surface area contributed by atoms with Crippen LogP contribution in [0.4, 0.5) is 0 Å². The van der Waals surface area contributed by atoms with Crippen LogP contribution in [0.3, 0.4) is 0 Å². The zero-order valence-electron chi connectivity index (χ0n) is 14.8. The number of carbonyl (C=O) groups is 1. The summed E-state index contributed by atoms with van der Waals surface area (Å²) in [6, 6.07) is 13.4. The summed E-state index contributed by atoms with van der Waals surface area (Å²) in [5, 5.41) is 0. The summed E-state index contributed by atoms with van der Waals surface area (Å²) < 4.78 is 11.2. The van der Waals surface area contributed by atoms with Gasteiger partial charge in [-0.3, -0.25) is 4.79 Å². The van der Waals surface area contributed by atoms with Crippen molar-refractivity contribution < 1.29 is 14.3 Å². The van der Waals surface area contributed by atoms with Crippen molar-refractivity contribution in [2.24, 2.45) is 0 Å². The molecule has 0 aromatic heterocycles. The molecule has 1 atom stereocenters. The molecule has 24 heavy (non-hydrogen) atoms. The molecule has 3 heteroatoms. The van der Waals surface area contributed by atoms with Gasteiger partial charge in [-0.1, -0.05) is 56.7 Å². The van der Waals surface area contributed by atoms with E-state index in [1.165, 1.54) is 0 Å². The summed E-state index contributed by atoms with van der Waals surface area (Å²) >= 11 is 0. The van der Waals surface area contributed by atoms with Crippen LogP contribution in [0.15, 0.2) is 42.5 Å². The molecule has 3 nitrogen and oxygen atoms in total. The van der Waals surface area contributed by atoms with Gasteiger partial charge in [0.2, 0.25) is 0 Å². The third kappa shape index (κ3) is 3.68. The number of hydrogen-bond donors (Lipinski definition) is 0. The van der Waals surface area contributed by atoms with Crippen LogP contribution in [0, 0.1) is 6.92 Å². The van der Waals surface area contributed by atoms with Crippen LogP contribution in [0.1, 0.15) is 47.8 Å². The molecule has 1 heterocycles. The number of ketones is 1. The van der Waals surface area contributed by atoms with Gasteiger partial charge in [-0.25, -0.2) is 0 Å². The molecule has 1 fully saturated rings. The van der Waals surface area contributed by atoms with E-state index >= 15 is 0 Å². The fraction of sp³-hybridized carbons (Fsp3) is 0.381. The van der Waals surface area contributed by atoms with Crippen molar-refractivity contribution in [1.82, 2.24) is 0 Å². The van der Waals surface area contributed by atoms with Gasteiger partial charge in [0.25, 0.3) is 0 Å². The SMILES string of the molecule is Cc1cccc(C(=O)c2cccc(OCC3CO3)c2C(C)(C)C)c1. The minimum absolute atomic E-state index is 0.0387. The lowest BCUT2D eigenvalue weighted by Crippen LogP contribution is -2.20. The summed E-state index contributed by atoms with van der Waals surface area (Å²) in [5.74, 6) is 0.813. The fourth-order valence-electron chi connectivity index (χ4n) is 2.90. The van der Waals surface area contributed by atoms with Crippen molar-refractivity contribution in [3.63, 3.8) is 0 Å². The monoisotopic (exact) mass is 324 g/mol. The normalized spacial score (nSPS) is 16.8. The van der Waals surface area contributed by atoms with Gasteiger partial charge in [0.1, 0.15) is 18.5 Å². The second-order valence-corrected chi connectivity index (χ2v) is 7.39. The fourth-order valence-corrected chi connectivity index (χ4v) is 2.90. The number of ether oxygens (including phenoxy) is 2. The van der Waals surface area contributed by atoms with Gasteiger partial charge < -0.3 is 9.47 Å². The van der Waals surface area contributed by atoms with Gasteiger partial charge >= 0.3 is 0 Å². The average molecular weight is 324 g/mol. The van der Waals surface area contributed by atoms with E-state index in [1.54, 1.807) is 0 Å². The first-order valence-corrected chi connectivity index (χ1v) is 8.35. The van der Waals surface area contributed by atoms with Crippen LogP contribution in [0.5, 0.6) is 5.75 Å². The molecule has 0 spiro atoms. The molecule has 126 valence electrons. The highest BCUT2D eigenvalue weighted by Crippen LogP contribution is 2.36. The summed E-state index contributed by atoms with van der Waals surface area (Å²) in [4.78, 5) is 13.1. The minimum Gasteiger partial charge on any atom is -0.490 e. The first-order valence-electron chi connectivity index (χ1n) is 8.35. The topological polar surface area (TPSA) is 38.8 Å². The van der Waals surface area contributed by atoms with Crippen molar-refractivity contribution in [1.29, 1.82) is 0 Å². The molecule has 2 aromatic carbocycles. The first kappa shape index (κ1) is 16.7. The molecule has 1 aliphatic rings. The number of rotatable bonds is 5. The van der Waals surface area contributed by atoms with Crippen molar-refractivity contribution in [3.8, 4) is 5.75 Å². The molecule has 1 aliphatic heterocycles. The van der Waals surface area contributed by atoms with E-state index in [0.717, 1.165) is 23.5 Å². The largest absolute Gasteiger partial charge is 0.490 e. The Balaban J connectivity index is 2.02. The Bertz CT molecular complexity index is 752. The third-order valence-corrected chi connectivity index (χ3v) is 4.13. The summed E-state index contributed by atoms with van der Waals surface area (Å²) in [7, 11) is 0. The zero-order valence-corrected chi connectivity index (χ0v) is 14.8. The number of benzene rings is 2. The summed E-state index contributed by atoms with van der Waals surface area (Å²) in [6.45, 7) is 9.61. The Kier molecular flexibility index (Phi) is 4.46. The number of epoxide rings is 1. The summed E-state index contributed by atoms with van der Waals surface area (Å²) in [6.07, 6.45) is 0.189. The quantitative estimate of drug-likeness (QED) is 0.608. The molecule has 0 radical (unpaired) electrons. The Hall–Kier alpha value is -2.13. The van der Waals surface area contributed by atoms with Crippen molar-refractivity contribution in [2.75, 3.05) is 13.2 Å². The smallest absolute Gasteiger partial charge is 0.193 e. The van der Waals surface area contributed by atoms with Gasteiger partial charge in [0, 0.05) is 16.7 Å². The number of hydrogen-bond acceptors (Lipinski definition) is 3. The molecule has 2 aromatic rings.